The molecule has 0 radical (unpaired) electrons. The fraction of sp³-hybridized carbons (Fsp3) is 0.562. The van der Waals surface area contributed by atoms with Gasteiger partial charge < -0.3 is 20.1 Å². The zero-order chi connectivity index (χ0) is 17.7. The maximum absolute atomic E-state index is 12.3. The average molecular weight is 374 g/mol. The molecule has 0 saturated carbocycles. The van der Waals surface area contributed by atoms with Crippen molar-refractivity contribution in [3.63, 3.8) is 0 Å². The first-order valence-corrected chi connectivity index (χ1v) is 7.91. The second-order valence-corrected chi connectivity index (χ2v) is 5.98. The van der Waals surface area contributed by atoms with E-state index in [1.165, 1.54) is 25.3 Å². The van der Waals surface area contributed by atoms with Gasteiger partial charge in [0.15, 0.2) is 6.61 Å². The third-order valence-corrected chi connectivity index (χ3v) is 4.26. The monoisotopic (exact) mass is 373 g/mol. The van der Waals surface area contributed by atoms with Gasteiger partial charge in [0.2, 0.25) is 5.75 Å². The molecule has 8 nitrogen and oxygen atoms in total. The van der Waals surface area contributed by atoms with Gasteiger partial charge in [-0.2, -0.15) is 0 Å². The van der Waals surface area contributed by atoms with Crippen molar-refractivity contribution in [2.24, 2.45) is 11.7 Å². The number of methoxy groups -OCH3 is 1. The Bertz CT molecular complexity index is 611. The highest BCUT2D eigenvalue weighted by Gasteiger charge is 2.26. The Morgan fingerprint density at radius 2 is 2.24 bits per heavy atom. The van der Waals surface area contributed by atoms with Crippen LogP contribution in [0.15, 0.2) is 18.2 Å². The maximum atomic E-state index is 12.3. The summed E-state index contributed by atoms with van der Waals surface area (Å²) in [5, 5.41) is 10.9. The minimum atomic E-state index is -0.532. The first kappa shape index (κ1) is 21.0. The lowest BCUT2D eigenvalue weighted by Gasteiger charge is -2.34. The highest BCUT2D eigenvalue weighted by Crippen LogP contribution is 2.30. The number of rotatable bonds is 6. The summed E-state index contributed by atoms with van der Waals surface area (Å²) in [4.78, 5) is 24.4. The highest BCUT2D eigenvalue weighted by molar-refractivity contribution is 5.85. The van der Waals surface area contributed by atoms with Crippen LogP contribution in [0, 0.1) is 16.0 Å². The zero-order valence-electron chi connectivity index (χ0n) is 14.3. The van der Waals surface area contributed by atoms with Crippen molar-refractivity contribution < 1.29 is 19.2 Å². The predicted octanol–water partition coefficient (Wildman–Crippen LogP) is 1.99. The SMILES string of the molecule is COc1cc(OCC(=O)N2CCCC(C(C)N)C2)ccc1[N+](=O)[O-].Cl. The highest BCUT2D eigenvalue weighted by atomic mass is 35.5. The van der Waals surface area contributed by atoms with Crippen molar-refractivity contribution in [3.8, 4) is 11.5 Å². The van der Waals surface area contributed by atoms with E-state index in [0.29, 0.717) is 24.8 Å². The largest absolute Gasteiger partial charge is 0.490 e. The van der Waals surface area contributed by atoms with Crippen LogP contribution in [0.5, 0.6) is 11.5 Å². The third kappa shape index (κ3) is 5.47. The summed E-state index contributed by atoms with van der Waals surface area (Å²) in [6.45, 7) is 3.18. The van der Waals surface area contributed by atoms with Gasteiger partial charge >= 0.3 is 5.69 Å². The summed E-state index contributed by atoms with van der Waals surface area (Å²) in [7, 11) is 1.35. The number of nitro groups is 1. The number of halogens is 1. The molecule has 25 heavy (non-hydrogen) atoms. The molecular weight excluding hydrogens is 350 g/mol. The van der Waals surface area contributed by atoms with Crippen molar-refractivity contribution in [1.82, 2.24) is 4.90 Å². The molecule has 1 fully saturated rings. The summed E-state index contributed by atoms with van der Waals surface area (Å²) in [6, 6.07) is 4.22. The van der Waals surface area contributed by atoms with Gasteiger partial charge in [-0.05, 0) is 31.7 Å². The molecular formula is C16H24ClN3O5. The Kier molecular flexibility index (Phi) is 7.92. The molecule has 9 heteroatoms. The molecule has 0 aromatic heterocycles. The number of carbonyl (C=O) groups is 1. The summed E-state index contributed by atoms with van der Waals surface area (Å²) >= 11 is 0. The molecule has 2 N–H and O–H groups in total. The third-order valence-electron chi connectivity index (χ3n) is 4.26. The Morgan fingerprint density at radius 1 is 1.52 bits per heavy atom. The predicted molar refractivity (Wildman–Crippen MR) is 95.3 cm³/mol. The fourth-order valence-electron chi connectivity index (χ4n) is 2.80. The number of carbonyl (C=O) groups excluding carboxylic acids is 1. The average Bonchev–Trinajstić information content (AvgIpc) is 2.59. The standard InChI is InChI=1S/C16H23N3O5.ClH/c1-11(17)12-4-3-7-18(9-12)16(20)10-24-13-5-6-14(19(21)22)15(8-13)23-2;/h5-6,8,11-12H,3-4,7,9-10,17H2,1-2H3;1H. The van der Waals surface area contributed by atoms with E-state index < -0.39 is 4.92 Å². The molecule has 0 bridgehead atoms. The number of nitro benzene ring substituents is 1. The molecule has 1 aromatic carbocycles. The van der Waals surface area contributed by atoms with Crippen LogP contribution in [-0.2, 0) is 4.79 Å². The fourth-order valence-corrected chi connectivity index (χ4v) is 2.80. The van der Waals surface area contributed by atoms with Gasteiger partial charge in [0.05, 0.1) is 12.0 Å². The topological polar surface area (TPSA) is 108 Å². The lowest BCUT2D eigenvalue weighted by Crippen LogP contribution is -2.46. The van der Waals surface area contributed by atoms with Gasteiger partial charge in [-0.15, -0.1) is 12.4 Å². The van der Waals surface area contributed by atoms with Gasteiger partial charge in [0, 0.05) is 31.3 Å². The quantitative estimate of drug-likeness (QED) is 0.603. The molecule has 1 heterocycles. The van der Waals surface area contributed by atoms with Gasteiger partial charge in [0.25, 0.3) is 5.91 Å². The van der Waals surface area contributed by atoms with Crippen LogP contribution in [0.25, 0.3) is 0 Å². The summed E-state index contributed by atoms with van der Waals surface area (Å²) in [5.74, 6) is 0.645. The van der Waals surface area contributed by atoms with Gasteiger partial charge in [-0.1, -0.05) is 0 Å². The zero-order valence-corrected chi connectivity index (χ0v) is 15.2. The van der Waals surface area contributed by atoms with Crippen molar-refractivity contribution >= 4 is 24.0 Å². The number of amides is 1. The minimum Gasteiger partial charge on any atom is -0.490 e. The second kappa shape index (κ2) is 9.43. The number of hydrogen-bond donors (Lipinski definition) is 1. The molecule has 0 spiro atoms. The Labute approximate surface area is 152 Å². The first-order chi connectivity index (χ1) is 11.4. The minimum absolute atomic E-state index is 0. The summed E-state index contributed by atoms with van der Waals surface area (Å²) < 4.78 is 10.4. The van der Waals surface area contributed by atoms with Crippen LogP contribution in [0.2, 0.25) is 0 Å². The maximum Gasteiger partial charge on any atom is 0.311 e. The molecule has 1 aliphatic rings. The van der Waals surface area contributed by atoms with E-state index in [9.17, 15) is 14.9 Å². The molecule has 140 valence electrons. The molecule has 2 rings (SSSR count). The lowest BCUT2D eigenvalue weighted by atomic mass is 9.92. The van der Waals surface area contributed by atoms with Crippen molar-refractivity contribution in [3.05, 3.63) is 28.3 Å². The van der Waals surface area contributed by atoms with E-state index in [-0.39, 0.29) is 42.4 Å². The van der Waals surface area contributed by atoms with Crippen LogP contribution in [0.3, 0.4) is 0 Å². The van der Waals surface area contributed by atoms with Crippen LogP contribution in [0.4, 0.5) is 5.69 Å². The van der Waals surface area contributed by atoms with E-state index in [2.05, 4.69) is 0 Å². The molecule has 2 atom stereocenters. The summed E-state index contributed by atoms with van der Waals surface area (Å²) in [6.07, 6.45) is 1.96. The van der Waals surface area contributed by atoms with E-state index in [1.807, 2.05) is 6.92 Å². The number of benzene rings is 1. The molecule has 0 aliphatic carbocycles. The van der Waals surface area contributed by atoms with Crippen LogP contribution >= 0.6 is 12.4 Å². The van der Waals surface area contributed by atoms with Crippen LogP contribution in [-0.4, -0.2) is 48.6 Å². The van der Waals surface area contributed by atoms with E-state index >= 15 is 0 Å². The normalized spacial score (nSPS) is 18.0. The molecule has 1 aliphatic heterocycles. The van der Waals surface area contributed by atoms with Gasteiger partial charge in [-0.3, -0.25) is 14.9 Å². The van der Waals surface area contributed by atoms with Gasteiger partial charge in [0.1, 0.15) is 5.75 Å². The molecule has 2 unspecified atom stereocenters. The van der Waals surface area contributed by atoms with E-state index in [1.54, 1.807) is 4.90 Å². The summed E-state index contributed by atoms with van der Waals surface area (Å²) in [5.41, 5.74) is 5.78. The van der Waals surface area contributed by atoms with Crippen molar-refractivity contribution in [2.75, 3.05) is 26.8 Å². The Morgan fingerprint density at radius 3 is 2.84 bits per heavy atom. The number of ether oxygens (including phenoxy) is 2. The number of piperidine rings is 1. The van der Waals surface area contributed by atoms with Crippen molar-refractivity contribution in [1.29, 1.82) is 0 Å². The van der Waals surface area contributed by atoms with E-state index in [4.69, 9.17) is 15.2 Å². The number of likely N-dealkylation sites (tertiary alicyclic amines) is 1. The first-order valence-electron chi connectivity index (χ1n) is 7.91. The van der Waals surface area contributed by atoms with Gasteiger partial charge in [-0.25, -0.2) is 0 Å². The Balaban J connectivity index is 0.00000312. The number of nitrogens with two attached hydrogens (primary N) is 1. The van der Waals surface area contributed by atoms with Crippen molar-refractivity contribution in [2.45, 2.75) is 25.8 Å². The molecule has 1 amide bonds. The van der Waals surface area contributed by atoms with E-state index in [0.717, 1.165) is 12.8 Å². The van der Waals surface area contributed by atoms with Crippen LogP contribution in [0.1, 0.15) is 19.8 Å². The van der Waals surface area contributed by atoms with Crippen LogP contribution < -0.4 is 15.2 Å². The molecule has 1 aromatic rings. The smallest absolute Gasteiger partial charge is 0.311 e. The Hall–Kier alpha value is -2.06. The molecule has 1 saturated heterocycles. The lowest BCUT2D eigenvalue weighted by molar-refractivity contribution is -0.385. The number of nitrogens with zero attached hydrogens (tertiary/aromatic N) is 2. The second-order valence-electron chi connectivity index (χ2n) is 5.98. The number of hydrogen-bond acceptors (Lipinski definition) is 6.